The smallest absolute Gasteiger partial charge is 0.325 e. The number of thioether (sulfide) groups is 1. The highest BCUT2D eigenvalue weighted by atomic mass is 35.5. The number of hydrogen-bond acceptors (Lipinski definition) is 9. The summed E-state index contributed by atoms with van der Waals surface area (Å²) in [6.07, 6.45) is 1.45. The molecule has 3 rings (SSSR count). The summed E-state index contributed by atoms with van der Waals surface area (Å²) in [6, 6.07) is 9.06. The summed E-state index contributed by atoms with van der Waals surface area (Å²) >= 11 is 7.04. The molecule has 0 unspecified atom stereocenters. The molecule has 1 aliphatic rings. The monoisotopic (exact) mass is 492 g/mol. The van der Waals surface area contributed by atoms with Crippen molar-refractivity contribution >= 4 is 52.2 Å². The molecule has 1 heterocycles. The van der Waals surface area contributed by atoms with E-state index in [0.29, 0.717) is 22.9 Å². The first kappa shape index (κ1) is 24.1. The van der Waals surface area contributed by atoms with E-state index in [-0.39, 0.29) is 33.7 Å². The summed E-state index contributed by atoms with van der Waals surface area (Å²) < 4.78 is 15.6. The second kappa shape index (κ2) is 10.4. The Morgan fingerprint density at radius 1 is 1.24 bits per heavy atom. The standard InChI is InChI=1S/C21H17ClN2O8S/c1-30-16-8-13(9-17-20(26)23(21(27)33-17)10-18(25)31-2)7-15(22)19(16)32-11-12-4-3-5-14(6-12)24(28)29/h3-9H,10-11H2,1-2H3/b17-9-. The minimum atomic E-state index is -0.714. The van der Waals surface area contributed by atoms with Crippen LogP contribution in [0, 0.1) is 10.1 Å². The average molecular weight is 493 g/mol. The van der Waals surface area contributed by atoms with Gasteiger partial charge < -0.3 is 14.2 Å². The van der Waals surface area contributed by atoms with Gasteiger partial charge in [0.25, 0.3) is 16.8 Å². The predicted molar refractivity (Wildman–Crippen MR) is 120 cm³/mol. The number of carbonyl (C=O) groups excluding carboxylic acids is 3. The van der Waals surface area contributed by atoms with Gasteiger partial charge in [-0.25, -0.2) is 0 Å². The van der Waals surface area contributed by atoms with Crippen molar-refractivity contribution in [1.82, 2.24) is 4.90 Å². The number of halogens is 1. The maximum absolute atomic E-state index is 12.5. The molecule has 0 bridgehead atoms. The number of methoxy groups -OCH3 is 2. The molecule has 1 saturated heterocycles. The Labute approximate surface area is 197 Å². The summed E-state index contributed by atoms with van der Waals surface area (Å²) in [6.45, 7) is -0.476. The fourth-order valence-corrected chi connectivity index (χ4v) is 3.97. The Bertz CT molecular complexity index is 1170. The number of benzene rings is 2. The van der Waals surface area contributed by atoms with Gasteiger partial charge in [0.05, 0.1) is 29.1 Å². The van der Waals surface area contributed by atoms with Crippen LogP contribution in [0.1, 0.15) is 11.1 Å². The van der Waals surface area contributed by atoms with Gasteiger partial charge in [-0.1, -0.05) is 23.7 Å². The second-order valence-electron chi connectivity index (χ2n) is 6.59. The van der Waals surface area contributed by atoms with Crippen LogP contribution in [0.4, 0.5) is 10.5 Å². The molecule has 1 fully saturated rings. The number of non-ortho nitro benzene ring substituents is 1. The van der Waals surface area contributed by atoms with E-state index in [1.54, 1.807) is 18.2 Å². The van der Waals surface area contributed by atoms with E-state index in [1.165, 1.54) is 31.4 Å². The molecule has 12 heteroatoms. The average Bonchev–Trinajstić information content (AvgIpc) is 3.05. The lowest BCUT2D eigenvalue weighted by molar-refractivity contribution is -0.384. The molecular formula is C21H17ClN2O8S. The molecule has 0 N–H and O–H groups in total. The Hall–Kier alpha value is -3.57. The number of nitrogens with zero attached hydrogens (tertiary/aromatic N) is 2. The predicted octanol–water partition coefficient (Wildman–Crippen LogP) is 4.05. The number of nitro groups is 1. The summed E-state index contributed by atoms with van der Waals surface area (Å²) in [5, 5.41) is 10.5. The molecule has 1 aliphatic heterocycles. The zero-order valence-electron chi connectivity index (χ0n) is 17.4. The fraction of sp³-hybridized carbons (Fsp3) is 0.190. The van der Waals surface area contributed by atoms with Gasteiger partial charge in [0, 0.05) is 12.1 Å². The summed E-state index contributed by atoms with van der Waals surface area (Å²) in [7, 11) is 2.56. The topological polar surface area (TPSA) is 125 Å². The van der Waals surface area contributed by atoms with E-state index in [2.05, 4.69) is 4.74 Å². The highest BCUT2D eigenvalue weighted by molar-refractivity contribution is 8.18. The van der Waals surface area contributed by atoms with Crippen molar-refractivity contribution in [1.29, 1.82) is 0 Å². The maximum atomic E-state index is 12.5. The van der Waals surface area contributed by atoms with E-state index >= 15 is 0 Å². The van der Waals surface area contributed by atoms with Crippen molar-refractivity contribution < 1.29 is 33.5 Å². The van der Waals surface area contributed by atoms with Crippen LogP contribution in [-0.2, 0) is 20.9 Å². The normalized spacial score (nSPS) is 14.5. The van der Waals surface area contributed by atoms with Crippen molar-refractivity contribution in [2.45, 2.75) is 6.61 Å². The second-order valence-corrected chi connectivity index (χ2v) is 7.99. The third-order valence-electron chi connectivity index (χ3n) is 4.44. The molecule has 10 nitrogen and oxygen atoms in total. The minimum absolute atomic E-state index is 0.00350. The van der Waals surface area contributed by atoms with Crippen LogP contribution in [0.25, 0.3) is 6.08 Å². The van der Waals surface area contributed by atoms with Crippen LogP contribution in [0.2, 0.25) is 5.02 Å². The summed E-state index contributed by atoms with van der Waals surface area (Å²) in [4.78, 5) is 47.3. The lowest BCUT2D eigenvalue weighted by Gasteiger charge is -2.13. The number of carbonyl (C=O) groups is 3. The van der Waals surface area contributed by atoms with Gasteiger partial charge >= 0.3 is 5.97 Å². The van der Waals surface area contributed by atoms with Crippen LogP contribution >= 0.6 is 23.4 Å². The Morgan fingerprint density at radius 2 is 2.00 bits per heavy atom. The van der Waals surface area contributed by atoms with Gasteiger partial charge in [-0.15, -0.1) is 0 Å². The van der Waals surface area contributed by atoms with Gasteiger partial charge in [-0.05, 0) is 41.1 Å². The molecule has 2 aromatic rings. The third kappa shape index (κ3) is 5.62. The van der Waals surface area contributed by atoms with Crippen LogP contribution < -0.4 is 9.47 Å². The van der Waals surface area contributed by atoms with Crippen LogP contribution in [0.15, 0.2) is 41.3 Å². The summed E-state index contributed by atoms with van der Waals surface area (Å²) in [5.41, 5.74) is 0.958. The van der Waals surface area contributed by atoms with Gasteiger partial charge in [0.1, 0.15) is 13.2 Å². The number of esters is 1. The molecule has 33 heavy (non-hydrogen) atoms. The first-order chi connectivity index (χ1) is 15.7. The van der Waals surface area contributed by atoms with Gasteiger partial charge in [-0.3, -0.25) is 29.4 Å². The third-order valence-corrected chi connectivity index (χ3v) is 5.63. The number of imide groups is 1. The van der Waals surface area contributed by atoms with Crippen molar-refractivity contribution in [2.75, 3.05) is 20.8 Å². The van der Waals surface area contributed by atoms with E-state index in [1.807, 2.05) is 0 Å². The first-order valence-corrected chi connectivity index (χ1v) is 10.5. The fourth-order valence-electron chi connectivity index (χ4n) is 2.86. The number of nitro benzene ring substituents is 1. The van der Waals surface area contributed by atoms with Crippen molar-refractivity contribution in [3.05, 3.63) is 67.6 Å². The van der Waals surface area contributed by atoms with E-state index in [4.69, 9.17) is 21.1 Å². The molecule has 172 valence electrons. The molecular weight excluding hydrogens is 476 g/mol. The lowest BCUT2D eigenvalue weighted by Crippen LogP contribution is -2.34. The van der Waals surface area contributed by atoms with E-state index in [9.17, 15) is 24.5 Å². The van der Waals surface area contributed by atoms with Crippen molar-refractivity contribution in [3.63, 3.8) is 0 Å². The van der Waals surface area contributed by atoms with Crippen molar-refractivity contribution in [2.24, 2.45) is 0 Å². The number of rotatable bonds is 8. The Morgan fingerprint density at radius 3 is 2.67 bits per heavy atom. The Kier molecular flexibility index (Phi) is 7.56. The van der Waals surface area contributed by atoms with Gasteiger partial charge in [-0.2, -0.15) is 0 Å². The van der Waals surface area contributed by atoms with Crippen molar-refractivity contribution in [3.8, 4) is 11.5 Å². The largest absolute Gasteiger partial charge is 0.493 e. The van der Waals surface area contributed by atoms with Crippen LogP contribution in [0.3, 0.4) is 0 Å². The zero-order valence-corrected chi connectivity index (χ0v) is 19.0. The number of hydrogen-bond donors (Lipinski definition) is 0. The van der Waals surface area contributed by atoms with Crippen LogP contribution in [-0.4, -0.2) is 47.7 Å². The quantitative estimate of drug-likeness (QED) is 0.232. The van der Waals surface area contributed by atoms with E-state index < -0.39 is 28.6 Å². The molecule has 2 amide bonds. The molecule has 0 atom stereocenters. The zero-order chi connectivity index (χ0) is 24.1. The maximum Gasteiger partial charge on any atom is 0.325 e. The molecule has 0 radical (unpaired) electrons. The first-order valence-electron chi connectivity index (χ1n) is 9.29. The highest BCUT2D eigenvalue weighted by Gasteiger charge is 2.36. The molecule has 0 spiro atoms. The van der Waals surface area contributed by atoms with Crippen LogP contribution in [0.5, 0.6) is 11.5 Å². The lowest BCUT2D eigenvalue weighted by atomic mass is 10.1. The van der Waals surface area contributed by atoms with Gasteiger partial charge in [0.15, 0.2) is 11.5 Å². The summed E-state index contributed by atoms with van der Waals surface area (Å²) in [5.74, 6) is -0.875. The molecule has 2 aromatic carbocycles. The molecule has 0 aromatic heterocycles. The van der Waals surface area contributed by atoms with E-state index in [0.717, 1.165) is 12.0 Å². The SMILES string of the molecule is COC(=O)CN1C(=O)S/C(=C\c2cc(Cl)c(OCc3cccc([N+](=O)[O-])c3)c(OC)c2)C1=O. The van der Waals surface area contributed by atoms with Gasteiger partial charge in [0.2, 0.25) is 0 Å². The minimum Gasteiger partial charge on any atom is -0.493 e. The Balaban J connectivity index is 1.81. The highest BCUT2D eigenvalue weighted by Crippen LogP contribution is 2.39. The number of amides is 2. The molecule has 0 aliphatic carbocycles. The number of ether oxygens (including phenoxy) is 3. The molecule has 0 saturated carbocycles.